The first-order valence-electron chi connectivity index (χ1n) is 7.96. The summed E-state index contributed by atoms with van der Waals surface area (Å²) in [6, 6.07) is 15.8. The zero-order chi connectivity index (χ0) is 18.3. The maximum absolute atomic E-state index is 12.7. The number of rotatable bonds is 3. The van der Waals surface area contributed by atoms with Gasteiger partial charge in [-0.2, -0.15) is 9.50 Å². The van der Waals surface area contributed by atoms with Crippen molar-refractivity contribution >= 4 is 44.0 Å². The summed E-state index contributed by atoms with van der Waals surface area (Å²) in [6.07, 6.45) is 1.88. The molecule has 4 aromatic rings. The third-order valence-corrected chi connectivity index (χ3v) is 5.65. The Morgan fingerprint density at radius 1 is 1.12 bits per heavy atom. The molecule has 26 heavy (non-hydrogen) atoms. The minimum atomic E-state index is -0.146. The second kappa shape index (κ2) is 6.66. The SMILES string of the molecule is CN(C)c1ccc(C=c2sc3nc(-c4ccccc4Br)nn3c2=O)cc1. The van der Waals surface area contributed by atoms with Crippen molar-refractivity contribution in [2.45, 2.75) is 0 Å². The Hall–Kier alpha value is -2.51. The number of benzene rings is 2. The van der Waals surface area contributed by atoms with Crippen LogP contribution in [-0.2, 0) is 0 Å². The van der Waals surface area contributed by atoms with E-state index in [4.69, 9.17) is 0 Å². The number of fused-ring (bicyclic) bond motifs is 1. The number of hydrogen-bond donors (Lipinski definition) is 0. The molecule has 0 spiro atoms. The van der Waals surface area contributed by atoms with E-state index in [9.17, 15) is 4.79 Å². The van der Waals surface area contributed by atoms with Crippen molar-refractivity contribution in [3.8, 4) is 11.4 Å². The smallest absolute Gasteiger partial charge is 0.291 e. The molecule has 0 unspecified atom stereocenters. The summed E-state index contributed by atoms with van der Waals surface area (Å²) in [5.41, 5.74) is 2.81. The third kappa shape index (κ3) is 3.04. The third-order valence-electron chi connectivity index (χ3n) is 4.00. The van der Waals surface area contributed by atoms with Crippen molar-refractivity contribution in [1.82, 2.24) is 14.6 Å². The minimum Gasteiger partial charge on any atom is -0.378 e. The van der Waals surface area contributed by atoms with E-state index >= 15 is 0 Å². The lowest BCUT2D eigenvalue weighted by atomic mass is 10.2. The van der Waals surface area contributed by atoms with Crippen LogP contribution in [0.3, 0.4) is 0 Å². The van der Waals surface area contributed by atoms with Gasteiger partial charge >= 0.3 is 0 Å². The monoisotopic (exact) mass is 426 g/mol. The maximum Gasteiger partial charge on any atom is 0.291 e. The fraction of sp³-hybridized carbons (Fsp3) is 0.105. The highest BCUT2D eigenvalue weighted by molar-refractivity contribution is 9.10. The molecule has 0 saturated heterocycles. The van der Waals surface area contributed by atoms with Gasteiger partial charge in [-0.1, -0.05) is 51.5 Å². The van der Waals surface area contributed by atoms with E-state index in [1.54, 1.807) is 0 Å². The zero-order valence-corrected chi connectivity index (χ0v) is 16.6. The van der Waals surface area contributed by atoms with Crippen molar-refractivity contribution in [2.24, 2.45) is 0 Å². The van der Waals surface area contributed by atoms with Crippen molar-refractivity contribution < 1.29 is 0 Å². The van der Waals surface area contributed by atoms with Crippen LogP contribution in [0.2, 0.25) is 0 Å². The van der Waals surface area contributed by atoms with Gasteiger partial charge in [0.05, 0.1) is 4.53 Å². The number of nitrogens with zero attached hydrogens (tertiary/aromatic N) is 4. The molecule has 0 bridgehead atoms. The van der Waals surface area contributed by atoms with Crippen molar-refractivity contribution in [2.75, 3.05) is 19.0 Å². The Bertz CT molecular complexity index is 1190. The highest BCUT2D eigenvalue weighted by Gasteiger charge is 2.13. The van der Waals surface area contributed by atoms with Gasteiger partial charge in [-0.3, -0.25) is 4.79 Å². The first-order valence-corrected chi connectivity index (χ1v) is 9.57. The molecule has 0 atom stereocenters. The van der Waals surface area contributed by atoms with Crippen LogP contribution < -0.4 is 15.0 Å². The maximum atomic E-state index is 12.7. The summed E-state index contributed by atoms with van der Waals surface area (Å²) < 4.78 is 2.90. The standard InChI is InChI=1S/C19H15BrN4OS/c1-23(2)13-9-7-12(8-10-13)11-16-18(25)24-19(26-16)21-17(22-24)14-5-3-4-6-15(14)20/h3-11H,1-2H3. The van der Waals surface area contributed by atoms with Crippen LogP contribution in [0.25, 0.3) is 22.4 Å². The lowest BCUT2D eigenvalue weighted by molar-refractivity contribution is 0.936. The molecule has 0 saturated carbocycles. The Labute approximate surface area is 162 Å². The van der Waals surface area contributed by atoms with Gasteiger partial charge in [0.2, 0.25) is 4.96 Å². The van der Waals surface area contributed by atoms with Gasteiger partial charge in [0.1, 0.15) is 0 Å². The van der Waals surface area contributed by atoms with Crippen molar-refractivity contribution in [3.05, 3.63) is 73.5 Å². The molecule has 0 amide bonds. The summed E-state index contributed by atoms with van der Waals surface area (Å²) >= 11 is 4.84. The summed E-state index contributed by atoms with van der Waals surface area (Å²) in [5, 5.41) is 4.39. The summed E-state index contributed by atoms with van der Waals surface area (Å²) in [7, 11) is 3.99. The van der Waals surface area contributed by atoms with Crippen LogP contribution in [0.15, 0.2) is 57.8 Å². The Kier molecular flexibility index (Phi) is 4.34. The largest absolute Gasteiger partial charge is 0.378 e. The number of hydrogen-bond acceptors (Lipinski definition) is 5. The molecular formula is C19H15BrN4OS. The van der Waals surface area contributed by atoms with Gasteiger partial charge in [0, 0.05) is 29.8 Å². The molecule has 0 fully saturated rings. The van der Waals surface area contributed by atoms with E-state index in [1.807, 2.05) is 73.6 Å². The lowest BCUT2D eigenvalue weighted by Gasteiger charge is -2.11. The predicted octanol–water partition coefficient (Wildman–Crippen LogP) is 3.19. The van der Waals surface area contributed by atoms with Crippen LogP contribution in [0, 0.1) is 0 Å². The average Bonchev–Trinajstić information content (AvgIpc) is 3.16. The molecule has 0 radical (unpaired) electrons. The topological polar surface area (TPSA) is 50.5 Å². The molecule has 0 N–H and O–H groups in total. The molecule has 4 rings (SSSR count). The number of thiazole rings is 1. The van der Waals surface area contributed by atoms with Gasteiger partial charge in [-0.05, 0) is 35.9 Å². The fourth-order valence-corrected chi connectivity index (χ4v) is 3.98. The average molecular weight is 427 g/mol. The van der Waals surface area contributed by atoms with Crippen LogP contribution in [0.4, 0.5) is 5.69 Å². The first kappa shape index (κ1) is 16.9. The molecule has 2 aromatic heterocycles. The molecular weight excluding hydrogens is 412 g/mol. The van der Waals surface area contributed by atoms with Crippen molar-refractivity contribution in [1.29, 1.82) is 0 Å². The van der Waals surface area contributed by atoms with Gasteiger partial charge in [-0.15, -0.1) is 5.10 Å². The molecule has 2 aromatic carbocycles. The summed E-state index contributed by atoms with van der Waals surface area (Å²) in [5.74, 6) is 0.544. The number of halogens is 1. The molecule has 5 nitrogen and oxygen atoms in total. The fourth-order valence-electron chi connectivity index (χ4n) is 2.61. The van der Waals surface area contributed by atoms with Crippen molar-refractivity contribution in [3.63, 3.8) is 0 Å². The van der Waals surface area contributed by atoms with Gasteiger partial charge in [0.15, 0.2) is 5.82 Å². The number of aromatic nitrogens is 3. The van der Waals surface area contributed by atoms with E-state index in [-0.39, 0.29) is 5.56 Å². The van der Waals surface area contributed by atoms with Crippen LogP contribution in [-0.4, -0.2) is 28.7 Å². The Morgan fingerprint density at radius 2 is 1.85 bits per heavy atom. The number of anilines is 1. The second-order valence-corrected chi connectivity index (χ2v) is 7.87. The van der Waals surface area contributed by atoms with E-state index in [1.165, 1.54) is 15.9 Å². The normalized spacial score (nSPS) is 12.0. The molecule has 2 heterocycles. The lowest BCUT2D eigenvalue weighted by Crippen LogP contribution is -2.23. The van der Waals surface area contributed by atoms with Gasteiger partial charge in [0.25, 0.3) is 5.56 Å². The van der Waals surface area contributed by atoms with E-state index in [0.717, 1.165) is 21.3 Å². The second-order valence-electron chi connectivity index (χ2n) is 6.01. The highest BCUT2D eigenvalue weighted by Crippen LogP contribution is 2.25. The minimum absolute atomic E-state index is 0.146. The molecule has 0 aliphatic rings. The molecule has 130 valence electrons. The van der Waals surface area contributed by atoms with Crippen LogP contribution in [0.5, 0.6) is 0 Å². The summed E-state index contributed by atoms with van der Waals surface area (Å²) in [4.78, 5) is 19.8. The van der Waals surface area contributed by atoms with Crippen LogP contribution >= 0.6 is 27.3 Å². The van der Waals surface area contributed by atoms with E-state index < -0.39 is 0 Å². The van der Waals surface area contributed by atoms with E-state index in [0.29, 0.717) is 15.3 Å². The first-order chi connectivity index (χ1) is 12.5. The Morgan fingerprint density at radius 3 is 2.50 bits per heavy atom. The molecule has 0 aliphatic carbocycles. The molecule has 7 heteroatoms. The Balaban J connectivity index is 1.76. The molecule has 0 aliphatic heterocycles. The van der Waals surface area contributed by atoms with E-state index in [2.05, 4.69) is 26.0 Å². The highest BCUT2D eigenvalue weighted by atomic mass is 79.9. The van der Waals surface area contributed by atoms with Crippen LogP contribution in [0.1, 0.15) is 5.56 Å². The summed E-state index contributed by atoms with van der Waals surface area (Å²) in [6.45, 7) is 0. The van der Waals surface area contributed by atoms with Gasteiger partial charge < -0.3 is 4.90 Å². The quantitative estimate of drug-likeness (QED) is 0.504. The predicted molar refractivity (Wildman–Crippen MR) is 110 cm³/mol. The van der Waals surface area contributed by atoms with Gasteiger partial charge in [-0.25, -0.2) is 0 Å². The zero-order valence-electron chi connectivity index (χ0n) is 14.2.